The summed E-state index contributed by atoms with van der Waals surface area (Å²) in [4.78, 5) is 14.4. The lowest BCUT2D eigenvalue weighted by atomic mass is 10.1. The highest BCUT2D eigenvalue weighted by Crippen LogP contribution is 2.35. The Balaban J connectivity index is 1.52. The van der Waals surface area contributed by atoms with Crippen molar-refractivity contribution in [3.05, 3.63) is 101 Å². The molecule has 1 fully saturated rings. The molecule has 0 aliphatic carbocycles. The Kier molecular flexibility index (Phi) is 6.23. The minimum Gasteiger partial charge on any atom is -0.399 e. The van der Waals surface area contributed by atoms with Crippen molar-refractivity contribution < 1.29 is 18.3 Å². The number of nitrogens with zero attached hydrogens (tertiary/aromatic N) is 3. The smallest absolute Gasteiger partial charge is 0.250 e. The van der Waals surface area contributed by atoms with Gasteiger partial charge in [0.05, 0.1) is 10.7 Å². The molecule has 5 rings (SSSR count). The van der Waals surface area contributed by atoms with Gasteiger partial charge in [-0.3, -0.25) is 4.79 Å². The quantitative estimate of drug-likeness (QED) is 0.376. The van der Waals surface area contributed by atoms with Gasteiger partial charge in [-0.25, -0.2) is 13.5 Å². The summed E-state index contributed by atoms with van der Waals surface area (Å²) in [7, 11) is 0. The molecule has 1 aliphatic rings. The van der Waals surface area contributed by atoms with E-state index in [1.165, 1.54) is 28.9 Å². The lowest BCUT2D eigenvalue weighted by Gasteiger charge is -2.23. The zero-order chi connectivity index (χ0) is 24.5. The highest BCUT2D eigenvalue weighted by Gasteiger charge is 2.36. The molecule has 9 heteroatoms. The first-order valence-electron chi connectivity index (χ1n) is 11.0. The number of anilines is 1. The van der Waals surface area contributed by atoms with Gasteiger partial charge in [-0.05, 0) is 60.5 Å². The third-order valence-electron chi connectivity index (χ3n) is 5.88. The van der Waals surface area contributed by atoms with Crippen molar-refractivity contribution in [2.24, 2.45) is 0 Å². The van der Waals surface area contributed by atoms with Crippen LogP contribution in [-0.2, 0) is 16.0 Å². The summed E-state index contributed by atoms with van der Waals surface area (Å²) >= 11 is 5.84. The van der Waals surface area contributed by atoms with E-state index in [4.69, 9.17) is 22.1 Å². The average Bonchev–Trinajstić information content (AvgIpc) is 3.44. The molecular formula is C26H21ClF2N4O2. The Morgan fingerprint density at radius 1 is 1.06 bits per heavy atom. The molecule has 3 aromatic carbocycles. The second kappa shape index (κ2) is 9.48. The number of amides is 1. The van der Waals surface area contributed by atoms with Crippen LogP contribution in [0.1, 0.15) is 17.4 Å². The van der Waals surface area contributed by atoms with Gasteiger partial charge in [0.25, 0.3) is 5.91 Å². The monoisotopic (exact) mass is 494 g/mol. The molecule has 1 unspecified atom stereocenters. The Hall–Kier alpha value is -3.75. The zero-order valence-corrected chi connectivity index (χ0v) is 19.3. The number of carbonyl (C=O) groups excluding carboxylic acids is 1. The highest BCUT2D eigenvalue weighted by molar-refractivity contribution is 6.30. The summed E-state index contributed by atoms with van der Waals surface area (Å²) in [6.07, 6.45) is 1.59. The predicted molar refractivity (Wildman–Crippen MR) is 129 cm³/mol. The molecule has 35 heavy (non-hydrogen) atoms. The molecule has 2 heterocycles. The standard InChI is InChI=1S/C26H21ClF2N4O2/c27-22-10-9-20(13-23(22)29)33-14-21(25(31-33)17-3-5-18(28)6-4-17)26-32(24(34)15-35-26)12-11-16-1-7-19(30)8-2-16/h1-10,13-14,26H,11-12,15,30H2. The van der Waals surface area contributed by atoms with Crippen molar-refractivity contribution in [3.8, 4) is 16.9 Å². The molecule has 2 N–H and O–H groups in total. The Bertz CT molecular complexity index is 1370. The molecule has 0 radical (unpaired) electrons. The highest BCUT2D eigenvalue weighted by atomic mass is 35.5. The third-order valence-corrected chi connectivity index (χ3v) is 6.19. The summed E-state index contributed by atoms with van der Waals surface area (Å²) in [5.41, 5.74) is 9.65. The van der Waals surface area contributed by atoms with Crippen molar-refractivity contribution in [1.82, 2.24) is 14.7 Å². The average molecular weight is 495 g/mol. The number of aromatic nitrogens is 2. The fourth-order valence-corrected chi connectivity index (χ4v) is 4.16. The van der Waals surface area contributed by atoms with Gasteiger partial charge in [0, 0.05) is 35.6 Å². The van der Waals surface area contributed by atoms with E-state index in [0.717, 1.165) is 5.56 Å². The van der Waals surface area contributed by atoms with E-state index in [0.29, 0.717) is 41.2 Å². The van der Waals surface area contributed by atoms with Crippen LogP contribution < -0.4 is 5.73 Å². The number of hydrogen-bond donors (Lipinski definition) is 1. The SMILES string of the molecule is Nc1ccc(CCN2C(=O)COC2c2cn(-c3ccc(Cl)c(F)c3)nc2-c2ccc(F)cc2)cc1. The van der Waals surface area contributed by atoms with Gasteiger partial charge in [0.2, 0.25) is 0 Å². The second-order valence-electron chi connectivity index (χ2n) is 8.23. The van der Waals surface area contributed by atoms with Crippen LogP contribution in [0.25, 0.3) is 16.9 Å². The topological polar surface area (TPSA) is 73.4 Å². The Labute approximate surface area is 205 Å². The summed E-state index contributed by atoms with van der Waals surface area (Å²) < 4.78 is 35.1. The van der Waals surface area contributed by atoms with Crippen LogP contribution in [0.4, 0.5) is 14.5 Å². The summed E-state index contributed by atoms with van der Waals surface area (Å²) in [5, 5.41) is 4.63. The molecule has 4 aromatic rings. The first-order valence-corrected chi connectivity index (χ1v) is 11.3. The number of ether oxygens (including phenoxy) is 1. The summed E-state index contributed by atoms with van der Waals surface area (Å²) in [6, 6.07) is 17.7. The van der Waals surface area contributed by atoms with E-state index in [1.54, 1.807) is 29.3 Å². The van der Waals surface area contributed by atoms with E-state index in [2.05, 4.69) is 5.10 Å². The molecule has 0 bridgehead atoms. The van der Waals surface area contributed by atoms with Crippen molar-refractivity contribution in [2.75, 3.05) is 18.9 Å². The van der Waals surface area contributed by atoms with Crippen LogP contribution in [0.5, 0.6) is 0 Å². The minimum absolute atomic E-state index is 0.00143. The number of rotatable bonds is 6. The first-order chi connectivity index (χ1) is 16.9. The van der Waals surface area contributed by atoms with Crippen LogP contribution in [0, 0.1) is 11.6 Å². The molecule has 1 amide bonds. The van der Waals surface area contributed by atoms with Gasteiger partial charge in [0.15, 0.2) is 6.23 Å². The maximum atomic E-state index is 14.1. The van der Waals surface area contributed by atoms with Gasteiger partial charge >= 0.3 is 0 Å². The fraction of sp³-hybridized carbons (Fsp3) is 0.154. The number of nitrogen functional groups attached to an aromatic ring is 1. The molecule has 1 saturated heterocycles. The minimum atomic E-state index is -0.706. The largest absolute Gasteiger partial charge is 0.399 e. The van der Waals surface area contributed by atoms with E-state index in [1.807, 2.05) is 24.3 Å². The van der Waals surface area contributed by atoms with Crippen molar-refractivity contribution in [3.63, 3.8) is 0 Å². The molecular weight excluding hydrogens is 474 g/mol. The van der Waals surface area contributed by atoms with Gasteiger partial charge in [-0.15, -0.1) is 0 Å². The molecule has 0 spiro atoms. The van der Waals surface area contributed by atoms with E-state index >= 15 is 0 Å². The maximum Gasteiger partial charge on any atom is 0.250 e. The van der Waals surface area contributed by atoms with Crippen LogP contribution in [0.2, 0.25) is 5.02 Å². The third kappa shape index (κ3) is 4.76. The molecule has 178 valence electrons. The van der Waals surface area contributed by atoms with Gasteiger partial charge < -0.3 is 15.4 Å². The van der Waals surface area contributed by atoms with Crippen LogP contribution >= 0.6 is 11.6 Å². The predicted octanol–water partition coefficient (Wildman–Crippen LogP) is 5.15. The van der Waals surface area contributed by atoms with Crippen molar-refractivity contribution in [2.45, 2.75) is 12.6 Å². The van der Waals surface area contributed by atoms with Gasteiger partial charge in [-0.2, -0.15) is 5.10 Å². The van der Waals surface area contributed by atoms with E-state index in [9.17, 15) is 13.6 Å². The number of carbonyl (C=O) groups is 1. The van der Waals surface area contributed by atoms with E-state index < -0.39 is 12.0 Å². The van der Waals surface area contributed by atoms with E-state index in [-0.39, 0.29) is 23.4 Å². The van der Waals surface area contributed by atoms with Crippen LogP contribution in [-0.4, -0.2) is 33.7 Å². The van der Waals surface area contributed by atoms with Crippen molar-refractivity contribution >= 4 is 23.2 Å². The first kappa shape index (κ1) is 23.0. The number of nitrogens with two attached hydrogens (primary N) is 1. The van der Waals surface area contributed by atoms with Gasteiger partial charge in [0.1, 0.15) is 23.9 Å². The fourth-order valence-electron chi connectivity index (χ4n) is 4.05. The molecule has 0 saturated carbocycles. The Morgan fingerprint density at radius 2 is 1.80 bits per heavy atom. The van der Waals surface area contributed by atoms with Crippen LogP contribution in [0.15, 0.2) is 72.9 Å². The zero-order valence-electron chi connectivity index (χ0n) is 18.5. The number of halogens is 3. The summed E-state index contributed by atoms with van der Waals surface area (Å²) in [5.74, 6) is -1.12. The Morgan fingerprint density at radius 3 is 2.51 bits per heavy atom. The summed E-state index contributed by atoms with van der Waals surface area (Å²) in [6.45, 7) is 0.340. The number of hydrogen-bond acceptors (Lipinski definition) is 4. The maximum absolute atomic E-state index is 14.1. The number of benzene rings is 3. The van der Waals surface area contributed by atoms with Gasteiger partial charge in [-0.1, -0.05) is 23.7 Å². The lowest BCUT2D eigenvalue weighted by molar-refractivity contribution is -0.128. The second-order valence-corrected chi connectivity index (χ2v) is 8.63. The molecule has 1 aliphatic heterocycles. The molecule has 6 nitrogen and oxygen atoms in total. The normalized spacial score (nSPS) is 15.7. The lowest BCUT2D eigenvalue weighted by Crippen LogP contribution is -2.30. The van der Waals surface area contributed by atoms with Crippen molar-refractivity contribution in [1.29, 1.82) is 0 Å². The molecule has 1 aromatic heterocycles. The molecule has 1 atom stereocenters. The van der Waals surface area contributed by atoms with Crippen LogP contribution in [0.3, 0.4) is 0 Å².